The third kappa shape index (κ3) is 31.9. The van der Waals surface area contributed by atoms with Gasteiger partial charge in [-0.15, -0.1) is 34.0 Å². The summed E-state index contributed by atoms with van der Waals surface area (Å²) < 4.78 is 55.1. The number of H-pyrrole nitrogens is 1. The van der Waals surface area contributed by atoms with Crippen LogP contribution in [0.25, 0.3) is 30.6 Å². The number of rotatable bonds is 31. The number of carbonyl (C=O) groups is 6. The second-order valence-corrected chi connectivity index (χ2v) is 43.6. The van der Waals surface area contributed by atoms with Gasteiger partial charge in [0, 0.05) is 0 Å². The van der Waals surface area contributed by atoms with Crippen LogP contribution in [0, 0.1) is 20.8 Å². The van der Waals surface area contributed by atoms with E-state index in [2.05, 4.69) is 24.0 Å². The van der Waals surface area contributed by atoms with Crippen LogP contribution in [0.3, 0.4) is 0 Å². The van der Waals surface area contributed by atoms with Gasteiger partial charge in [-0.05, 0) is 217 Å². The molecular weight excluding hydrogens is 1900 g/mol. The molecule has 4 N–H and O–H groups in total. The molecule has 0 saturated carbocycles. The zero-order valence-electron chi connectivity index (χ0n) is 81.8. The van der Waals surface area contributed by atoms with E-state index in [-0.39, 0.29) is 110 Å². The number of hydrogen-bond acceptors (Lipinski definition) is 26. The molecule has 4 aromatic carbocycles. The molecule has 11 rings (SSSR count). The maximum Gasteiger partial charge on any atom is 0.106 e. The number of aromatic nitrogens is 6. The van der Waals surface area contributed by atoms with Crippen molar-refractivity contribution in [3.63, 3.8) is 0 Å². The fourth-order valence-corrected chi connectivity index (χ4v) is 16.5. The van der Waals surface area contributed by atoms with Crippen molar-refractivity contribution < 1.29 is 97.9 Å². The van der Waals surface area contributed by atoms with Gasteiger partial charge in [-0.2, -0.15) is 0 Å². The van der Waals surface area contributed by atoms with Crippen molar-refractivity contribution in [2.45, 2.75) is 295 Å². The van der Waals surface area contributed by atoms with Crippen LogP contribution >= 0.6 is 64.3 Å². The van der Waals surface area contributed by atoms with Gasteiger partial charge in [0.25, 0.3) is 16.7 Å². The maximum atomic E-state index is 14.2. The SMILES string of the molecule is CCC(C)O.CCC(C)O[C@@H](CO)c1ccccc1.CCOC(=O)c1sc2[nH]c(=O)n(C(C)(C)C(=O)OC(C)(C)C)c(=O)c2c1C.CCOC(=O)c1sc2c(c1C)c(=O)n(C(C)(C)C(=O)O)c(=O)n2C[C@H](OC(C)CC)c1ccccc1.CCOC(=O)c1sc2c(c1C)c(=O)n(C(C)(C)C(=O)OC(C)(C)C)c(=O)n2C[C@H](OC(C)CC)c1ccccc1.[Cl][Fe]([Cl])[Cl].c1ccc([C@H]2CO2)cc1. The molecule has 0 amide bonds. The molecule has 1 fully saturated rings. The number of carboxylic acids is 1. The van der Waals surface area contributed by atoms with E-state index < -0.39 is 121 Å². The summed E-state index contributed by atoms with van der Waals surface area (Å²) in [6.07, 6.45) is 2.27. The molecule has 30 nitrogen and oxygen atoms in total. The fraction of sp³-hybridized carbons (Fsp3) is 0.510. The minimum Gasteiger partial charge on any atom is -0.368 e. The number of aliphatic hydroxyl groups is 2. The third-order valence-electron chi connectivity index (χ3n) is 21.2. The Bertz CT molecular complexity index is 5980. The summed E-state index contributed by atoms with van der Waals surface area (Å²) in [5.41, 5.74) is -5.78. The number of hydrogen-bond donors (Lipinski definition) is 4. The number of carboxylic acid groups (broad SMARTS) is 1. The normalized spacial score (nSPS) is 14.2. The molecule has 0 spiro atoms. The molecule has 0 radical (unpaired) electrons. The van der Waals surface area contributed by atoms with E-state index in [0.717, 1.165) is 96.7 Å². The van der Waals surface area contributed by atoms with Crippen LogP contribution in [0.4, 0.5) is 0 Å². The Labute approximate surface area is 816 Å². The van der Waals surface area contributed by atoms with Crippen molar-refractivity contribution in [1.82, 2.24) is 27.8 Å². The summed E-state index contributed by atoms with van der Waals surface area (Å²) in [6, 6.07) is 39.0. The van der Waals surface area contributed by atoms with E-state index in [0.29, 0.717) is 27.6 Å². The van der Waals surface area contributed by atoms with Crippen molar-refractivity contribution in [2.24, 2.45) is 0 Å². The number of epoxide rings is 1. The van der Waals surface area contributed by atoms with Gasteiger partial charge >= 0.3 is 94.3 Å². The molecule has 0 aliphatic carbocycles. The molecule has 135 heavy (non-hydrogen) atoms. The Morgan fingerprint density at radius 3 is 1.07 bits per heavy atom. The molecule has 745 valence electrons. The van der Waals surface area contributed by atoms with Gasteiger partial charge in [-0.25, -0.2) is 56.9 Å². The van der Waals surface area contributed by atoms with Gasteiger partial charge in [-0.1, -0.05) is 149 Å². The number of ether oxygens (including phenoxy) is 9. The van der Waals surface area contributed by atoms with Crippen molar-refractivity contribution in [2.75, 3.05) is 33.0 Å². The maximum absolute atomic E-state index is 14.2. The van der Waals surface area contributed by atoms with E-state index in [1.54, 1.807) is 90.0 Å². The Kier molecular flexibility index (Phi) is 45.2. The van der Waals surface area contributed by atoms with Crippen molar-refractivity contribution in [3.05, 3.63) is 237 Å². The van der Waals surface area contributed by atoms with Gasteiger partial charge in [-0.3, -0.25) is 28.5 Å². The molecule has 10 aromatic rings. The molecule has 6 aromatic heterocycles. The topological polar surface area (TPSA) is 392 Å². The number of benzene rings is 4. The largest absolute Gasteiger partial charge is 0.368 e. The zero-order valence-corrected chi connectivity index (χ0v) is 87.6. The first kappa shape index (κ1) is 116. The average molecular weight is 2040 g/mol. The van der Waals surface area contributed by atoms with Crippen LogP contribution in [0.15, 0.2) is 150 Å². The molecule has 8 atom stereocenters. The van der Waals surface area contributed by atoms with Crippen molar-refractivity contribution >= 4 is 131 Å². The first-order valence-electron chi connectivity index (χ1n) is 44.5. The molecule has 1 aliphatic rings. The fourth-order valence-electron chi connectivity index (χ4n) is 13.0. The van der Waals surface area contributed by atoms with E-state index in [4.69, 9.17) is 78.0 Å². The first-order valence-corrected chi connectivity index (χ1v) is 51.5. The Morgan fingerprint density at radius 1 is 0.467 bits per heavy atom. The Hall–Kier alpha value is -9.23. The predicted octanol–water partition coefficient (Wildman–Crippen LogP) is 18.9. The van der Waals surface area contributed by atoms with Crippen LogP contribution in [0.5, 0.6) is 0 Å². The number of aryl methyl sites for hydroxylation is 3. The smallest absolute Gasteiger partial charge is 0.106 e. The van der Waals surface area contributed by atoms with E-state index in [1.165, 1.54) is 56.2 Å². The third-order valence-corrected chi connectivity index (χ3v) is 25.0. The van der Waals surface area contributed by atoms with Gasteiger partial charge in [0.05, 0.1) is 86.7 Å². The van der Waals surface area contributed by atoms with Gasteiger partial charge < -0.3 is 58.0 Å². The summed E-state index contributed by atoms with van der Waals surface area (Å²) in [6.45, 7) is 45.8. The molecule has 0 bridgehead atoms. The number of aromatic amines is 1. The van der Waals surface area contributed by atoms with Gasteiger partial charge in [0.2, 0.25) is 0 Å². The van der Waals surface area contributed by atoms with E-state index in [1.807, 2.05) is 151 Å². The average Bonchev–Trinajstić information content (AvgIpc) is 1.60. The molecule has 1 aliphatic heterocycles. The second kappa shape index (κ2) is 52.5. The summed E-state index contributed by atoms with van der Waals surface area (Å²) in [4.78, 5) is 161. The standard InChI is InChI=1S/C30H40N2O7S.C26H32N2O7S.C18H24N2O6S.C12H18O2.C8H8O.C4H10O.3ClH.Fe/c1-10-18(3)38-21(20-15-13-12-14-16-20)17-31-25-22(19(4)23(40-25)26(34)37-11-2)24(33)32(28(31)36)30(8,9)27(35)39-29(5,6)7;1-7-15(3)35-18(17-12-10-9-11-13-17)14-27-22-19(16(4)20(36-22)23(30)34-8-2)21(29)28(25(27)33)26(5,6)24(31)32;1-8-25-14(22)11-9(2)10-12(27-11)19-16(24)20(13(10)21)18(6,7)15(23)26-17(3,4)5;1-3-10(2)14-12(9-13)11-7-5-4-6-8-11;1-2-4-7(5-3-1)8-6-9-8;1-3-4(2)5;;;;/h12-16,18,21H,10-11,17H2,1-9H3;9-13,15,18H,7-8,14H2,1-6H3,(H,31,32);8H2,1-7H3,(H,19,24);4-8,10,12-13H,3,9H2,1-2H3;1-5,8H,6H2;4-5H,3H2,1-2H3;3*1H;/q;;;;;;;;;+3/p-3/t18?,21-;15?,18-;;10?,12-;8-;;;;;/m00.01...../s1. The number of thiophene rings is 3. The number of nitrogens with zero attached hydrogens (tertiary/aromatic N) is 5. The Morgan fingerprint density at radius 2 is 0.763 bits per heavy atom. The monoisotopic (exact) mass is 2030 g/mol. The zero-order chi connectivity index (χ0) is 102. The second-order valence-electron chi connectivity index (χ2n) is 35.1. The number of fused-ring (bicyclic) bond motifs is 3. The number of nitrogens with one attached hydrogen (secondary N) is 1. The van der Waals surface area contributed by atoms with Crippen LogP contribution < -0.4 is 33.7 Å². The Balaban J connectivity index is 0.000000309. The number of esters is 5. The van der Waals surface area contributed by atoms with Crippen LogP contribution in [0.1, 0.15) is 277 Å². The predicted molar refractivity (Wildman–Crippen MR) is 529 cm³/mol. The minimum atomic E-state index is -1.83. The summed E-state index contributed by atoms with van der Waals surface area (Å²) in [7, 11) is 14.7. The molecule has 37 heteroatoms. The summed E-state index contributed by atoms with van der Waals surface area (Å²) in [5.74, 6) is -4.50. The van der Waals surface area contributed by atoms with E-state index >= 15 is 0 Å². The summed E-state index contributed by atoms with van der Waals surface area (Å²) in [5, 5.41) is 27.9. The van der Waals surface area contributed by atoms with E-state index in [9.17, 15) is 67.7 Å². The molecule has 4 unspecified atom stereocenters. The van der Waals surface area contributed by atoms with Gasteiger partial charge in [0.1, 0.15) is 81.4 Å². The van der Waals surface area contributed by atoms with Crippen molar-refractivity contribution in [1.29, 1.82) is 0 Å². The first-order chi connectivity index (χ1) is 63.1. The van der Waals surface area contributed by atoms with Crippen LogP contribution in [-0.4, -0.2) is 148 Å². The van der Waals surface area contributed by atoms with Crippen LogP contribution in [0.2, 0.25) is 0 Å². The van der Waals surface area contributed by atoms with Crippen molar-refractivity contribution in [3.8, 4) is 0 Å². The molecule has 1 saturated heterocycles. The summed E-state index contributed by atoms with van der Waals surface area (Å²) >= 11 is 1.66. The molecular formula is C98H132Cl3FeN6O24S3. The molecule has 7 heterocycles. The number of halogens is 3. The number of aliphatic carboxylic acids is 1. The van der Waals surface area contributed by atoms with Crippen LogP contribution in [-0.2, 0) is 97.9 Å². The number of carbonyl (C=O) groups excluding carboxylic acids is 5. The quantitative estimate of drug-likeness (QED) is 0.0136. The minimum absolute atomic E-state index is 0.0158. The number of aliphatic hydroxyl groups excluding tert-OH is 2. The van der Waals surface area contributed by atoms with Gasteiger partial charge in [0.15, 0.2) is 0 Å².